The van der Waals surface area contributed by atoms with Crippen molar-refractivity contribution >= 4 is 16.0 Å². The smallest absolute Gasteiger partial charge is 0.306 e. The first kappa shape index (κ1) is 15.9. The summed E-state index contributed by atoms with van der Waals surface area (Å²) >= 11 is 0. The van der Waals surface area contributed by atoms with Crippen molar-refractivity contribution in [1.29, 1.82) is 0 Å². The Bertz CT molecular complexity index is 646. The van der Waals surface area contributed by atoms with Crippen molar-refractivity contribution in [3.63, 3.8) is 0 Å². The maximum Gasteiger partial charge on any atom is 0.306 e. The molecule has 1 aliphatic rings. The first-order valence-electron chi connectivity index (χ1n) is 6.40. The van der Waals surface area contributed by atoms with Gasteiger partial charge in [-0.15, -0.1) is 0 Å². The molecule has 116 valence electrons. The van der Waals surface area contributed by atoms with Gasteiger partial charge in [-0.3, -0.25) is 4.79 Å². The fraction of sp³-hybridized carbons (Fsp3) is 0.462. The summed E-state index contributed by atoms with van der Waals surface area (Å²) in [5.74, 6) is -1.55. The van der Waals surface area contributed by atoms with Gasteiger partial charge in [0.1, 0.15) is 5.82 Å². The number of hydrogen-bond acceptors (Lipinski definition) is 4. The van der Waals surface area contributed by atoms with Crippen LogP contribution in [0.1, 0.15) is 12.0 Å². The van der Waals surface area contributed by atoms with E-state index >= 15 is 0 Å². The minimum absolute atomic E-state index is 0.0224. The van der Waals surface area contributed by atoms with Gasteiger partial charge >= 0.3 is 5.97 Å². The topological polar surface area (TPSA) is 83.9 Å². The predicted molar refractivity (Wildman–Crippen MR) is 71.9 cm³/mol. The van der Waals surface area contributed by atoms with Crippen LogP contribution in [0.25, 0.3) is 0 Å². The summed E-state index contributed by atoms with van der Waals surface area (Å²) in [7, 11) is -3.78. The number of aryl methyl sites for hydroxylation is 1. The second-order valence-corrected chi connectivity index (χ2v) is 6.77. The summed E-state index contributed by atoms with van der Waals surface area (Å²) in [5.41, 5.74) is 0.316. The molecule has 1 aromatic rings. The Morgan fingerprint density at radius 3 is 2.86 bits per heavy atom. The molecule has 8 heteroatoms. The normalized spacial score (nSPS) is 20.4. The summed E-state index contributed by atoms with van der Waals surface area (Å²) in [5, 5.41) is 8.76. The molecule has 0 saturated carbocycles. The van der Waals surface area contributed by atoms with E-state index in [1.807, 2.05) is 0 Å². The first-order chi connectivity index (χ1) is 9.80. The van der Waals surface area contributed by atoms with Gasteiger partial charge in [0.2, 0.25) is 10.0 Å². The second kappa shape index (κ2) is 6.08. The molecule has 1 saturated heterocycles. The minimum Gasteiger partial charge on any atom is -0.481 e. The molecule has 0 aliphatic carbocycles. The Balaban J connectivity index is 2.24. The van der Waals surface area contributed by atoms with Gasteiger partial charge in [0.15, 0.2) is 0 Å². The van der Waals surface area contributed by atoms with Crippen LogP contribution < -0.4 is 0 Å². The fourth-order valence-corrected chi connectivity index (χ4v) is 3.93. The second-order valence-electron chi connectivity index (χ2n) is 4.86. The van der Waals surface area contributed by atoms with Crippen LogP contribution in [0.2, 0.25) is 0 Å². The molecule has 1 fully saturated rings. The number of hydrogen-bond donors (Lipinski definition) is 1. The van der Waals surface area contributed by atoms with Gasteiger partial charge in [0.25, 0.3) is 0 Å². The molecule has 1 aromatic carbocycles. The Labute approximate surface area is 122 Å². The van der Waals surface area contributed by atoms with Crippen LogP contribution in [0.4, 0.5) is 4.39 Å². The molecule has 0 aromatic heterocycles. The molecule has 0 radical (unpaired) electrons. The van der Waals surface area contributed by atoms with Gasteiger partial charge < -0.3 is 9.84 Å². The number of rotatable bonds is 4. The van der Waals surface area contributed by atoms with Crippen LogP contribution >= 0.6 is 0 Å². The molecule has 0 bridgehead atoms. The van der Waals surface area contributed by atoms with Crippen LogP contribution in [0.15, 0.2) is 23.1 Å². The average Bonchev–Trinajstić information content (AvgIpc) is 2.37. The van der Waals surface area contributed by atoms with Gasteiger partial charge in [-0.25, -0.2) is 12.8 Å². The number of carboxylic acids is 1. The third-order valence-electron chi connectivity index (χ3n) is 3.26. The Morgan fingerprint density at radius 2 is 2.24 bits per heavy atom. The first-order valence-corrected chi connectivity index (χ1v) is 7.84. The minimum atomic E-state index is -3.78. The summed E-state index contributed by atoms with van der Waals surface area (Å²) in [6.07, 6.45) is -0.930. The zero-order valence-corrected chi connectivity index (χ0v) is 12.3. The molecular formula is C13H16FNO5S. The number of aliphatic carboxylic acids is 1. The summed E-state index contributed by atoms with van der Waals surface area (Å²) in [6.45, 7) is 1.78. The molecule has 1 aliphatic heterocycles. The highest BCUT2D eigenvalue weighted by molar-refractivity contribution is 7.89. The number of benzene rings is 1. The molecule has 2 rings (SSSR count). The lowest BCUT2D eigenvalue weighted by molar-refractivity contribution is -0.141. The molecule has 0 amide bonds. The number of sulfonamides is 1. The van der Waals surface area contributed by atoms with E-state index in [-0.39, 0.29) is 31.0 Å². The number of halogens is 1. The van der Waals surface area contributed by atoms with E-state index in [2.05, 4.69) is 0 Å². The van der Waals surface area contributed by atoms with E-state index in [4.69, 9.17) is 9.84 Å². The van der Waals surface area contributed by atoms with Crippen molar-refractivity contribution in [2.24, 2.45) is 0 Å². The van der Waals surface area contributed by atoms with E-state index in [1.54, 1.807) is 0 Å². The van der Waals surface area contributed by atoms with Crippen LogP contribution in [-0.2, 0) is 19.6 Å². The van der Waals surface area contributed by atoms with Crippen molar-refractivity contribution in [2.75, 3.05) is 19.7 Å². The quantitative estimate of drug-likeness (QED) is 0.895. The fourth-order valence-electron chi connectivity index (χ4n) is 2.27. The van der Waals surface area contributed by atoms with Gasteiger partial charge in [-0.05, 0) is 30.7 Å². The number of nitrogens with zero attached hydrogens (tertiary/aromatic N) is 1. The standard InChI is InChI=1S/C13H16FNO5S/c1-9-6-10(14)2-3-12(9)21(18,19)15-4-5-20-11(8-15)7-13(16)17/h2-3,6,11H,4-5,7-8H2,1H3,(H,16,17). The van der Waals surface area contributed by atoms with E-state index in [9.17, 15) is 17.6 Å². The zero-order chi connectivity index (χ0) is 15.6. The molecule has 1 N–H and O–H groups in total. The van der Waals surface area contributed by atoms with Crippen molar-refractivity contribution < 1.29 is 27.4 Å². The number of carboxylic acid groups (broad SMARTS) is 1. The van der Waals surface area contributed by atoms with Gasteiger partial charge in [0, 0.05) is 13.1 Å². The van der Waals surface area contributed by atoms with Crippen molar-refractivity contribution in [1.82, 2.24) is 4.31 Å². The molecule has 1 unspecified atom stereocenters. The molecule has 6 nitrogen and oxygen atoms in total. The van der Waals surface area contributed by atoms with Gasteiger partial charge in [-0.2, -0.15) is 4.31 Å². The van der Waals surface area contributed by atoms with Crippen molar-refractivity contribution in [3.8, 4) is 0 Å². The van der Waals surface area contributed by atoms with Crippen LogP contribution in [0.5, 0.6) is 0 Å². The maximum absolute atomic E-state index is 13.1. The van der Waals surface area contributed by atoms with Crippen LogP contribution in [0, 0.1) is 12.7 Å². The largest absolute Gasteiger partial charge is 0.481 e. The van der Waals surface area contributed by atoms with Crippen molar-refractivity contribution in [2.45, 2.75) is 24.3 Å². The molecule has 0 spiro atoms. The third-order valence-corrected chi connectivity index (χ3v) is 5.28. The SMILES string of the molecule is Cc1cc(F)ccc1S(=O)(=O)N1CCOC(CC(=O)O)C1. The molecular weight excluding hydrogens is 301 g/mol. The number of carbonyl (C=O) groups is 1. The van der Waals surface area contributed by atoms with Gasteiger partial charge in [0.05, 0.1) is 24.0 Å². The lowest BCUT2D eigenvalue weighted by Crippen LogP contribution is -2.46. The summed E-state index contributed by atoms with van der Waals surface area (Å²) in [4.78, 5) is 10.7. The van der Waals surface area contributed by atoms with Gasteiger partial charge in [-0.1, -0.05) is 0 Å². The van der Waals surface area contributed by atoms with E-state index in [0.717, 1.165) is 12.1 Å². The lowest BCUT2D eigenvalue weighted by atomic mass is 10.2. The zero-order valence-electron chi connectivity index (χ0n) is 11.5. The third kappa shape index (κ3) is 3.58. The van der Waals surface area contributed by atoms with E-state index < -0.39 is 27.9 Å². The summed E-state index contributed by atoms with van der Waals surface area (Å²) < 4.78 is 44.6. The number of ether oxygens (including phenoxy) is 1. The average molecular weight is 317 g/mol. The number of morpholine rings is 1. The van der Waals surface area contributed by atoms with Crippen molar-refractivity contribution in [3.05, 3.63) is 29.6 Å². The predicted octanol–water partition coefficient (Wildman–Crippen LogP) is 0.998. The highest BCUT2D eigenvalue weighted by Gasteiger charge is 2.32. The maximum atomic E-state index is 13.1. The Hall–Kier alpha value is -1.51. The molecule has 1 heterocycles. The monoisotopic (exact) mass is 317 g/mol. The van der Waals surface area contributed by atoms with E-state index in [1.165, 1.54) is 17.3 Å². The molecule has 1 atom stereocenters. The highest BCUT2D eigenvalue weighted by atomic mass is 32.2. The van der Waals surface area contributed by atoms with E-state index in [0.29, 0.717) is 5.56 Å². The Morgan fingerprint density at radius 1 is 1.52 bits per heavy atom. The highest BCUT2D eigenvalue weighted by Crippen LogP contribution is 2.23. The molecule has 21 heavy (non-hydrogen) atoms. The lowest BCUT2D eigenvalue weighted by Gasteiger charge is -2.31. The van der Waals surface area contributed by atoms with Crippen LogP contribution in [0.3, 0.4) is 0 Å². The Kier molecular flexibility index (Phi) is 4.60. The van der Waals surface area contributed by atoms with Crippen LogP contribution in [-0.4, -0.2) is 49.6 Å². The summed E-state index contributed by atoms with van der Waals surface area (Å²) in [6, 6.07) is 3.47.